The molecule has 2 rings (SSSR count). The highest BCUT2D eigenvalue weighted by atomic mass is 32.2. The predicted octanol–water partition coefficient (Wildman–Crippen LogP) is 1.56. The molecule has 0 aliphatic carbocycles. The molecule has 1 aromatic rings. The molecule has 0 saturated heterocycles. The van der Waals surface area contributed by atoms with Gasteiger partial charge >= 0.3 is 0 Å². The normalized spacial score (nSPS) is 27.7. The average Bonchev–Trinajstić information content (AvgIpc) is 2.34. The summed E-state index contributed by atoms with van der Waals surface area (Å²) >= 11 is 0. The van der Waals surface area contributed by atoms with Crippen LogP contribution in [0.5, 0.6) is 0 Å². The number of rotatable bonds is 1. The fourth-order valence-electron chi connectivity index (χ4n) is 2.22. The zero-order valence-electron chi connectivity index (χ0n) is 8.90. The van der Waals surface area contributed by atoms with Gasteiger partial charge in [0.1, 0.15) is 0 Å². The van der Waals surface area contributed by atoms with Crippen LogP contribution in [0.2, 0.25) is 0 Å². The molecule has 15 heavy (non-hydrogen) atoms. The van der Waals surface area contributed by atoms with Gasteiger partial charge in [0, 0.05) is 6.04 Å². The van der Waals surface area contributed by atoms with Gasteiger partial charge in [-0.1, -0.05) is 24.6 Å². The minimum Gasteiger partial charge on any atom is -0.323 e. The first kappa shape index (κ1) is 10.6. The van der Waals surface area contributed by atoms with Crippen molar-refractivity contribution in [2.45, 2.75) is 36.5 Å². The van der Waals surface area contributed by atoms with Crippen molar-refractivity contribution in [2.24, 2.45) is 5.73 Å². The Bertz CT molecular complexity index is 493. The van der Waals surface area contributed by atoms with Crippen LogP contribution in [0.1, 0.15) is 30.5 Å². The summed E-state index contributed by atoms with van der Waals surface area (Å²) in [4.78, 5) is 0.424. The number of nitrogens with two attached hydrogens (primary N) is 1. The highest BCUT2D eigenvalue weighted by Gasteiger charge is 2.41. The molecule has 2 unspecified atom stereocenters. The van der Waals surface area contributed by atoms with E-state index in [9.17, 15) is 8.42 Å². The summed E-state index contributed by atoms with van der Waals surface area (Å²) < 4.78 is 24.1. The van der Waals surface area contributed by atoms with E-state index in [0.29, 0.717) is 11.3 Å². The summed E-state index contributed by atoms with van der Waals surface area (Å²) in [5.74, 6) is 0. The molecule has 0 amide bonds. The fourth-order valence-corrected chi connectivity index (χ4v) is 4.30. The van der Waals surface area contributed by atoms with Crippen molar-refractivity contribution < 1.29 is 8.42 Å². The molecule has 1 aliphatic heterocycles. The highest BCUT2D eigenvalue weighted by molar-refractivity contribution is 7.92. The number of hydrogen-bond donors (Lipinski definition) is 1. The van der Waals surface area contributed by atoms with Crippen LogP contribution >= 0.6 is 0 Å². The van der Waals surface area contributed by atoms with E-state index in [1.54, 1.807) is 6.07 Å². The molecular formula is C11H15NO2S. The third-order valence-electron chi connectivity index (χ3n) is 3.03. The summed E-state index contributed by atoms with van der Waals surface area (Å²) in [7, 11) is -3.19. The third kappa shape index (κ3) is 1.40. The van der Waals surface area contributed by atoms with E-state index in [2.05, 4.69) is 0 Å². The molecule has 2 atom stereocenters. The zero-order valence-corrected chi connectivity index (χ0v) is 9.71. The lowest BCUT2D eigenvalue weighted by atomic mass is 10.0. The first-order chi connectivity index (χ1) is 6.98. The van der Waals surface area contributed by atoms with Gasteiger partial charge in [-0.3, -0.25) is 0 Å². The summed E-state index contributed by atoms with van der Waals surface area (Å²) in [6, 6.07) is 5.01. The summed E-state index contributed by atoms with van der Waals surface area (Å²) in [6.45, 7) is 3.81. The van der Waals surface area contributed by atoms with Crippen LogP contribution in [-0.4, -0.2) is 13.7 Å². The second kappa shape index (κ2) is 3.32. The minimum atomic E-state index is -3.19. The van der Waals surface area contributed by atoms with Gasteiger partial charge in [-0.2, -0.15) is 0 Å². The number of benzene rings is 1. The van der Waals surface area contributed by atoms with Crippen molar-refractivity contribution in [1.29, 1.82) is 0 Å². The molecule has 0 aromatic heterocycles. The molecule has 2 N–H and O–H groups in total. The van der Waals surface area contributed by atoms with Gasteiger partial charge in [-0.05, 0) is 25.0 Å². The molecule has 1 aliphatic rings. The maximum atomic E-state index is 12.1. The van der Waals surface area contributed by atoms with E-state index in [0.717, 1.165) is 11.1 Å². The van der Waals surface area contributed by atoms with Crippen LogP contribution in [0.3, 0.4) is 0 Å². The van der Waals surface area contributed by atoms with Crippen LogP contribution in [0.25, 0.3) is 0 Å². The first-order valence-electron chi connectivity index (χ1n) is 5.08. The summed E-state index contributed by atoms with van der Waals surface area (Å²) in [5.41, 5.74) is 7.80. The monoisotopic (exact) mass is 225 g/mol. The second-order valence-corrected chi connectivity index (χ2v) is 6.19. The van der Waals surface area contributed by atoms with Crippen molar-refractivity contribution >= 4 is 9.84 Å². The van der Waals surface area contributed by atoms with Crippen molar-refractivity contribution in [2.75, 3.05) is 0 Å². The molecule has 0 bridgehead atoms. The molecule has 0 fully saturated rings. The molecule has 0 saturated carbocycles. The van der Waals surface area contributed by atoms with E-state index < -0.39 is 15.1 Å². The van der Waals surface area contributed by atoms with Crippen LogP contribution in [0, 0.1) is 6.92 Å². The standard InChI is InChI=1S/C11H15NO2S/c1-3-9-11(12)8-6-7(2)4-5-10(8)15(9,13)14/h4-6,9,11H,3,12H2,1-2H3. The molecule has 1 aromatic carbocycles. The Labute approximate surface area is 90.2 Å². The van der Waals surface area contributed by atoms with Crippen molar-refractivity contribution in [3.8, 4) is 0 Å². The molecule has 82 valence electrons. The quantitative estimate of drug-likeness (QED) is 0.789. The second-order valence-electron chi connectivity index (χ2n) is 4.06. The maximum Gasteiger partial charge on any atom is 0.183 e. The van der Waals surface area contributed by atoms with Gasteiger partial charge in [0.05, 0.1) is 10.1 Å². The Kier molecular flexibility index (Phi) is 2.35. The van der Waals surface area contributed by atoms with E-state index in [-0.39, 0.29) is 6.04 Å². The Morgan fingerprint density at radius 3 is 2.67 bits per heavy atom. The van der Waals surface area contributed by atoms with E-state index in [4.69, 9.17) is 5.73 Å². The van der Waals surface area contributed by atoms with E-state index in [1.165, 1.54) is 0 Å². The van der Waals surface area contributed by atoms with Gasteiger partial charge in [-0.25, -0.2) is 8.42 Å². The Morgan fingerprint density at radius 1 is 1.40 bits per heavy atom. The summed E-state index contributed by atoms with van der Waals surface area (Å²) in [6.07, 6.45) is 0.567. The van der Waals surface area contributed by atoms with Gasteiger partial charge in [0.2, 0.25) is 0 Å². The molecule has 0 spiro atoms. The Morgan fingerprint density at radius 2 is 2.07 bits per heavy atom. The fraction of sp³-hybridized carbons (Fsp3) is 0.455. The lowest BCUT2D eigenvalue weighted by Gasteiger charge is -2.11. The van der Waals surface area contributed by atoms with Gasteiger partial charge in [0.25, 0.3) is 0 Å². The van der Waals surface area contributed by atoms with Crippen LogP contribution in [0.15, 0.2) is 23.1 Å². The molecule has 4 heteroatoms. The van der Waals surface area contributed by atoms with Crippen molar-refractivity contribution in [1.82, 2.24) is 0 Å². The van der Waals surface area contributed by atoms with Gasteiger partial charge in [0.15, 0.2) is 9.84 Å². The SMILES string of the molecule is CCC1C(N)c2cc(C)ccc2S1(=O)=O. The van der Waals surface area contributed by atoms with E-state index in [1.807, 2.05) is 26.0 Å². The number of fused-ring (bicyclic) bond motifs is 1. The molecule has 1 heterocycles. The lowest BCUT2D eigenvalue weighted by Crippen LogP contribution is -2.25. The molecule has 3 nitrogen and oxygen atoms in total. The minimum absolute atomic E-state index is 0.366. The van der Waals surface area contributed by atoms with Crippen molar-refractivity contribution in [3.05, 3.63) is 29.3 Å². The van der Waals surface area contributed by atoms with Gasteiger partial charge < -0.3 is 5.73 Å². The van der Waals surface area contributed by atoms with Gasteiger partial charge in [-0.15, -0.1) is 0 Å². The lowest BCUT2D eigenvalue weighted by molar-refractivity contribution is 0.567. The van der Waals surface area contributed by atoms with Crippen LogP contribution in [0.4, 0.5) is 0 Å². The zero-order chi connectivity index (χ0) is 11.2. The smallest absolute Gasteiger partial charge is 0.183 e. The number of sulfone groups is 1. The number of hydrogen-bond acceptors (Lipinski definition) is 3. The number of aryl methyl sites for hydroxylation is 1. The Hall–Kier alpha value is -0.870. The highest BCUT2D eigenvalue weighted by Crippen LogP contribution is 2.39. The molecule has 0 radical (unpaired) electrons. The van der Waals surface area contributed by atoms with Crippen molar-refractivity contribution in [3.63, 3.8) is 0 Å². The first-order valence-corrected chi connectivity index (χ1v) is 6.63. The molecular weight excluding hydrogens is 210 g/mol. The summed E-state index contributed by atoms with van der Waals surface area (Å²) in [5, 5.41) is -0.450. The average molecular weight is 225 g/mol. The topological polar surface area (TPSA) is 60.2 Å². The van der Waals surface area contributed by atoms with Crippen LogP contribution < -0.4 is 5.73 Å². The largest absolute Gasteiger partial charge is 0.323 e. The van der Waals surface area contributed by atoms with Crippen LogP contribution in [-0.2, 0) is 9.84 Å². The van der Waals surface area contributed by atoms with E-state index >= 15 is 0 Å². The predicted molar refractivity (Wildman–Crippen MR) is 59.4 cm³/mol. The Balaban J connectivity index is 2.68. The third-order valence-corrected chi connectivity index (χ3v) is 5.44. The maximum absolute atomic E-state index is 12.1.